The number of carbonyl (C=O) groups excluding carboxylic acids is 1. The van der Waals surface area contributed by atoms with E-state index < -0.39 is 50.4 Å². The van der Waals surface area contributed by atoms with E-state index in [1.54, 1.807) is 6.92 Å². The van der Waals surface area contributed by atoms with Crippen molar-refractivity contribution in [3.8, 4) is 0 Å². The average Bonchev–Trinajstić information content (AvgIpc) is 3.40. The van der Waals surface area contributed by atoms with Gasteiger partial charge < -0.3 is 29.2 Å². The number of epoxide rings is 1. The smallest absolute Gasteiger partial charge is 0.192 e. The van der Waals surface area contributed by atoms with Crippen LogP contribution in [0.5, 0.6) is 0 Å². The van der Waals surface area contributed by atoms with Crippen molar-refractivity contribution in [1.82, 2.24) is 0 Å². The Balaban J connectivity index is 2.37. The maximum absolute atomic E-state index is 13.7. The Morgan fingerprint density at radius 2 is 1.94 bits per heavy atom. The van der Waals surface area contributed by atoms with Crippen molar-refractivity contribution in [3.63, 3.8) is 0 Å². The second-order valence-corrected chi connectivity index (χ2v) is 16.3. The molecule has 33 heavy (non-hydrogen) atoms. The van der Waals surface area contributed by atoms with Crippen LogP contribution >= 0.6 is 0 Å². The highest BCUT2D eigenvalue weighted by Crippen LogP contribution is 2.51. The Hall–Kier alpha value is -0.613. The average molecular weight is 487 g/mol. The van der Waals surface area contributed by atoms with Crippen LogP contribution in [0.2, 0.25) is 18.1 Å². The van der Waals surface area contributed by atoms with Gasteiger partial charge in [0.2, 0.25) is 0 Å². The maximum Gasteiger partial charge on any atom is 0.192 e. The fraction of sp³-hybridized carbons (Fsp3) is 0.880. The predicted octanol–water partition coefficient (Wildman–Crippen LogP) is 3.42. The van der Waals surface area contributed by atoms with Gasteiger partial charge in [-0.1, -0.05) is 46.8 Å². The van der Waals surface area contributed by atoms with Gasteiger partial charge in [0.25, 0.3) is 0 Å². The van der Waals surface area contributed by atoms with Crippen molar-refractivity contribution >= 4 is 14.1 Å². The third-order valence-electron chi connectivity index (χ3n) is 8.02. The molecule has 0 aromatic carbocycles. The summed E-state index contributed by atoms with van der Waals surface area (Å²) in [5, 5.41) is 31.4. The maximum atomic E-state index is 13.7. The number of allylic oxidation sites excluding steroid dienone is 1. The van der Waals surface area contributed by atoms with Gasteiger partial charge in [-0.3, -0.25) is 4.79 Å². The van der Waals surface area contributed by atoms with Crippen LogP contribution in [0.4, 0.5) is 0 Å². The van der Waals surface area contributed by atoms with Gasteiger partial charge in [-0.05, 0) is 38.4 Å². The largest absolute Gasteiger partial charge is 0.410 e. The number of ether oxygens (including phenoxy) is 2. The summed E-state index contributed by atoms with van der Waals surface area (Å²) < 4.78 is 18.5. The number of Topliss-reactive ketones (excluding diaryl/α,β-unsaturated/α-hetero) is 1. The van der Waals surface area contributed by atoms with Crippen molar-refractivity contribution in [3.05, 3.63) is 12.2 Å². The number of hydrogen-bond acceptors (Lipinski definition) is 7. The van der Waals surface area contributed by atoms with E-state index in [0.717, 1.165) is 0 Å². The molecule has 0 aromatic heterocycles. The van der Waals surface area contributed by atoms with Crippen molar-refractivity contribution in [2.45, 2.75) is 109 Å². The molecule has 2 aliphatic rings. The van der Waals surface area contributed by atoms with Crippen LogP contribution in [0.15, 0.2) is 12.2 Å². The number of rotatable bonds is 10. The van der Waals surface area contributed by atoms with Crippen LogP contribution in [-0.2, 0) is 18.7 Å². The highest BCUT2D eigenvalue weighted by Gasteiger charge is 2.64. The summed E-state index contributed by atoms with van der Waals surface area (Å²) in [5.74, 6) is -3.32. The lowest BCUT2D eigenvalue weighted by atomic mass is 9.78. The summed E-state index contributed by atoms with van der Waals surface area (Å²) in [6.45, 7) is 17.9. The third-order valence-corrected chi connectivity index (χ3v) is 12.5. The van der Waals surface area contributed by atoms with Crippen LogP contribution in [0.25, 0.3) is 0 Å². The quantitative estimate of drug-likeness (QED) is 0.247. The molecule has 8 atom stereocenters. The minimum absolute atomic E-state index is 0.0411. The zero-order chi connectivity index (χ0) is 25.4. The standard InChI is InChI=1S/C25H46O7Si/c1-10-12-16(3)21-24(7,31-21)22(32-33(8,9)23(4,5)6)17(14-26)20(28)18-15-30-25(29,11-2)13-19(18)27/h10,12,16-19,21-22,26-27,29H,11,13-15H2,1-9H3/b12-10-/t16-,17-,18+,19-,21+,22-,24?,25?/m0/s1. The molecule has 0 spiro atoms. The van der Waals surface area contributed by atoms with E-state index in [0.29, 0.717) is 6.42 Å². The van der Waals surface area contributed by atoms with E-state index in [9.17, 15) is 20.1 Å². The molecule has 8 heteroatoms. The molecule has 0 radical (unpaired) electrons. The van der Waals surface area contributed by atoms with Crippen molar-refractivity contribution in [1.29, 1.82) is 0 Å². The zero-order valence-corrected chi connectivity index (χ0v) is 22.9. The summed E-state index contributed by atoms with van der Waals surface area (Å²) in [4.78, 5) is 13.7. The minimum Gasteiger partial charge on any atom is -0.410 e. The van der Waals surface area contributed by atoms with E-state index in [1.807, 2.05) is 19.9 Å². The van der Waals surface area contributed by atoms with E-state index in [-0.39, 0.29) is 35.9 Å². The molecule has 0 saturated carbocycles. The SMILES string of the molecule is C/C=C\[C@H](C)[C@H]1OC1(C)[C@@H](O[Si](C)(C)C(C)(C)C)[C@@H](CO)C(=O)[C@@H]1COC(O)(CC)C[C@@H]1O. The number of hydrogen-bond donors (Lipinski definition) is 3. The monoisotopic (exact) mass is 486 g/mol. The van der Waals surface area contributed by atoms with Gasteiger partial charge >= 0.3 is 0 Å². The van der Waals surface area contributed by atoms with Crippen molar-refractivity contribution in [2.75, 3.05) is 13.2 Å². The van der Waals surface area contributed by atoms with Crippen LogP contribution in [-0.4, -0.2) is 72.3 Å². The Bertz CT molecular complexity index is 718. The van der Waals surface area contributed by atoms with Crippen LogP contribution < -0.4 is 0 Å². The Labute approximate surface area is 200 Å². The van der Waals surface area contributed by atoms with E-state index in [4.69, 9.17) is 13.9 Å². The van der Waals surface area contributed by atoms with E-state index in [2.05, 4.69) is 46.9 Å². The lowest BCUT2D eigenvalue weighted by Gasteiger charge is -2.44. The topological polar surface area (TPSA) is 109 Å². The van der Waals surface area contributed by atoms with Crippen LogP contribution in [0, 0.1) is 17.8 Å². The Kier molecular flexibility index (Phi) is 8.82. The molecule has 2 fully saturated rings. The van der Waals surface area contributed by atoms with Gasteiger partial charge in [-0.25, -0.2) is 0 Å². The second kappa shape index (κ2) is 10.2. The molecule has 3 N–H and O–H groups in total. The Morgan fingerprint density at radius 3 is 2.39 bits per heavy atom. The molecule has 0 amide bonds. The third kappa shape index (κ3) is 5.97. The van der Waals surface area contributed by atoms with E-state index >= 15 is 0 Å². The first-order valence-corrected chi connectivity index (χ1v) is 15.1. The highest BCUT2D eigenvalue weighted by atomic mass is 28.4. The normalized spacial score (nSPS) is 35.9. The van der Waals surface area contributed by atoms with Crippen molar-refractivity contribution < 1.29 is 34.0 Å². The van der Waals surface area contributed by atoms with Gasteiger partial charge in [-0.2, -0.15) is 0 Å². The number of aliphatic hydroxyl groups excluding tert-OH is 2. The summed E-state index contributed by atoms with van der Waals surface area (Å²) in [6.07, 6.45) is 2.48. The molecule has 192 valence electrons. The minimum atomic E-state index is -2.34. The molecule has 2 heterocycles. The van der Waals surface area contributed by atoms with Crippen molar-refractivity contribution in [2.24, 2.45) is 17.8 Å². The highest BCUT2D eigenvalue weighted by molar-refractivity contribution is 6.74. The number of ketones is 1. The number of carbonyl (C=O) groups is 1. The summed E-state index contributed by atoms with van der Waals surface area (Å²) in [7, 11) is -2.34. The first-order valence-electron chi connectivity index (χ1n) is 12.2. The second-order valence-electron chi connectivity index (χ2n) is 11.6. The summed E-state index contributed by atoms with van der Waals surface area (Å²) in [5.41, 5.74) is -0.734. The molecular weight excluding hydrogens is 440 g/mol. The van der Waals surface area contributed by atoms with Gasteiger partial charge in [0.05, 0.1) is 43.4 Å². The molecular formula is C25H46O7Si. The lowest BCUT2D eigenvalue weighted by molar-refractivity contribution is -0.258. The molecule has 2 unspecified atom stereocenters. The zero-order valence-electron chi connectivity index (χ0n) is 21.9. The Morgan fingerprint density at radius 1 is 1.33 bits per heavy atom. The van der Waals surface area contributed by atoms with E-state index in [1.165, 1.54) is 0 Å². The molecule has 0 aliphatic carbocycles. The summed E-state index contributed by atoms with van der Waals surface area (Å²) >= 11 is 0. The first-order chi connectivity index (χ1) is 15.1. The van der Waals surface area contributed by atoms with Gasteiger partial charge in [0, 0.05) is 12.3 Å². The fourth-order valence-corrected chi connectivity index (χ4v) is 5.99. The van der Waals surface area contributed by atoms with Gasteiger partial charge in [0.1, 0.15) is 11.4 Å². The number of aliphatic hydroxyl groups is 3. The fourth-order valence-electron chi connectivity index (χ4n) is 4.61. The molecule has 2 rings (SSSR count). The van der Waals surface area contributed by atoms with Crippen LogP contribution in [0.1, 0.15) is 61.3 Å². The first kappa shape index (κ1) is 28.6. The molecule has 2 aliphatic heterocycles. The molecule has 0 bridgehead atoms. The molecule has 0 aromatic rings. The predicted molar refractivity (Wildman–Crippen MR) is 130 cm³/mol. The molecule has 7 nitrogen and oxygen atoms in total. The summed E-state index contributed by atoms with van der Waals surface area (Å²) in [6, 6.07) is 0. The van der Waals surface area contributed by atoms with Crippen LogP contribution in [0.3, 0.4) is 0 Å². The lowest BCUT2D eigenvalue weighted by Crippen LogP contribution is -2.56. The molecule has 2 saturated heterocycles. The van der Waals surface area contributed by atoms with Gasteiger partial charge in [0.15, 0.2) is 14.1 Å². The van der Waals surface area contributed by atoms with Gasteiger partial charge in [-0.15, -0.1) is 0 Å².